The van der Waals surface area contributed by atoms with Crippen LogP contribution in [0.3, 0.4) is 0 Å². The van der Waals surface area contributed by atoms with Crippen LogP contribution in [0, 0.1) is 0 Å². The normalized spacial score (nSPS) is 12.9. The summed E-state index contributed by atoms with van der Waals surface area (Å²) in [7, 11) is 0. The highest BCUT2D eigenvalue weighted by Crippen LogP contribution is 2.38. The first-order valence-corrected chi connectivity index (χ1v) is 8.81. The number of hydrogen-bond acceptors (Lipinski definition) is 6. The molecule has 0 saturated carbocycles. The number of aryl methyl sites for hydroxylation is 1. The van der Waals surface area contributed by atoms with Crippen molar-refractivity contribution in [3.05, 3.63) is 57.5 Å². The van der Waals surface area contributed by atoms with E-state index >= 15 is 0 Å². The van der Waals surface area contributed by atoms with E-state index in [1.807, 2.05) is 0 Å². The lowest BCUT2D eigenvalue weighted by Gasteiger charge is -2.20. The van der Waals surface area contributed by atoms with Gasteiger partial charge in [0.2, 0.25) is 0 Å². The quantitative estimate of drug-likeness (QED) is 0.624. The molecule has 0 bridgehead atoms. The van der Waals surface area contributed by atoms with E-state index in [-0.39, 0.29) is 19.6 Å². The van der Waals surface area contributed by atoms with Crippen LogP contribution in [0.25, 0.3) is 11.1 Å². The van der Waals surface area contributed by atoms with Crippen molar-refractivity contribution in [2.75, 3.05) is 13.2 Å². The van der Waals surface area contributed by atoms with Gasteiger partial charge in [-0.25, -0.2) is 4.79 Å². The second-order valence-electron chi connectivity index (χ2n) is 6.00. The Morgan fingerprint density at radius 2 is 2.00 bits per heavy atom. The number of fused-ring (bicyclic) bond motifs is 2. The molecule has 2 heterocycles. The first-order chi connectivity index (χ1) is 13.1. The topological polar surface area (TPSA) is 79.9 Å². The SMILES string of the molecule is O=C(CCn1c(=O)oc2ccccc21)OCc1cc(Cl)c2c(c1)OCCO2. The monoisotopic (exact) mass is 389 g/mol. The van der Waals surface area contributed by atoms with E-state index in [1.54, 1.807) is 36.4 Å². The first kappa shape index (κ1) is 17.5. The molecule has 1 aliphatic heterocycles. The minimum atomic E-state index is -0.498. The zero-order valence-corrected chi connectivity index (χ0v) is 15.0. The summed E-state index contributed by atoms with van der Waals surface area (Å²) in [5.74, 6) is 0.112. The van der Waals surface area contributed by atoms with E-state index < -0.39 is 11.7 Å². The summed E-state index contributed by atoms with van der Waals surface area (Å²) in [5, 5.41) is 0.412. The molecule has 0 amide bonds. The highest BCUT2D eigenvalue weighted by molar-refractivity contribution is 6.32. The lowest BCUT2D eigenvalue weighted by Crippen LogP contribution is -2.18. The number of aromatic nitrogens is 1. The van der Waals surface area contributed by atoms with Crippen LogP contribution in [-0.4, -0.2) is 23.8 Å². The molecule has 2 aromatic carbocycles. The van der Waals surface area contributed by atoms with Gasteiger partial charge in [-0.05, 0) is 29.8 Å². The van der Waals surface area contributed by atoms with Gasteiger partial charge in [0.1, 0.15) is 19.8 Å². The molecule has 0 spiro atoms. The number of esters is 1. The highest BCUT2D eigenvalue weighted by atomic mass is 35.5. The fourth-order valence-corrected chi connectivity index (χ4v) is 3.20. The molecular weight excluding hydrogens is 374 g/mol. The molecule has 0 radical (unpaired) electrons. The molecule has 1 aromatic heterocycles. The van der Waals surface area contributed by atoms with E-state index in [0.29, 0.717) is 46.4 Å². The van der Waals surface area contributed by atoms with Crippen LogP contribution in [0.2, 0.25) is 5.02 Å². The number of para-hydroxylation sites is 2. The first-order valence-electron chi connectivity index (χ1n) is 8.44. The third kappa shape index (κ3) is 3.64. The van der Waals surface area contributed by atoms with Crippen LogP contribution in [-0.2, 0) is 22.7 Å². The van der Waals surface area contributed by atoms with Crippen molar-refractivity contribution >= 4 is 28.7 Å². The fraction of sp³-hybridized carbons (Fsp3) is 0.263. The van der Waals surface area contributed by atoms with Crippen LogP contribution in [0.15, 0.2) is 45.6 Å². The third-order valence-corrected chi connectivity index (χ3v) is 4.45. The summed E-state index contributed by atoms with van der Waals surface area (Å²) in [6.45, 7) is 1.12. The Labute approximate surface area is 159 Å². The molecule has 3 aromatic rings. The average Bonchev–Trinajstić information content (AvgIpc) is 3.00. The van der Waals surface area contributed by atoms with E-state index in [1.165, 1.54) is 4.57 Å². The van der Waals surface area contributed by atoms with Gasteiger partial charge in [0.25, 0.3) is 0 Å². The van der Waals surface area contributed by atoms with E-state index in [4.69, 9.17) is 30.2 Å². The Bertz CT molecular complexity index is 1050. The third-order valence-electron chi connectivity index (χ3n) is 4.17. The molecule has 27 heavy (non-hydrogen) atoms. The summed E-state index contributed by atoms with van der Waals surface area (Å²) in [4.78, 5) is 24.0. The summed E-state index contributed by atoms with van der Waals surface area (Å²) < 4.78 is 22.8. The smallest absolute Gasteiger partial charge is 0.419 e. The van der Waals surface area contributed by atoms with Gasteiger partial charge in [0.15, 0.2) is 17.1 Å². The van der Waals surface area contributed by atoms with Gasteiger partial charge >= 0.3 is 11.7 Å². The molecular formula is C19H16ClNO6. The highest BCUT2D eigenvalue weighted by Gasteiger charge is 2.17. The Hall–Kier alpha value is -2.93. The molecule has 0 unspecified atom stereocenters. The zero-order chi connectivity index (χ0) is 18.8. The van der Waals surface area contributed by atoms with Crippen LogP contribution >= 0.6 is 11.6 Å². The number of oxazole rings is 1. The molecule has 1 aliphatic rings. The minimum absolute atomic E-state index is 0.0434. The Morgan fingerprint density at radius 3 is 2.89 bits per heavy atom. The summed E-state index contributed by atoms with van der Waals surface area (Å²) in [6, 6.07) is 10.5. The van der Waals surface area contributed by atoms with Crippen LogP contribution in [0.4, 0.5) is 0 Å². The van der Waals surface area contributed by atoms with Gasteiger partial charge in [-0.15, -0.1) is 0 Å². The van der Waals surface area contributed by atoms with Gasteiger partial charge in [0.05, 0.1) is 17.0 Å². The second-order valence-corrected chi connectivity index (χ2v) is 6.41. The van der Waals surface area contributed by atoms with Gasteiger partial charge in [0, 0.05) is 6.54 Å². The number of carbonyl (C=O) groups excluding carboxylic acids is 1. The number of ether oxygens (including phenoxy) is 3. The van der Waals surface area contributed by atoms with Crippen molar-refractivity contribution in [2.24, 2.45) is 0 Å². The standard InChI is InChI=1S/C19H16ClNO6/c20-13-9-12(10-16-18(13)25-8-7-24-16)11-26-17(22)5-6-21-14-3-1-2-4-15(14)27-19(21)23/h1-4,9-10H,5-8,11H2. The Morgan fingerprint density at radius 1 is 1.19 bits per heavy atom. The van der Waals surface area contributed by atoms with Gasteiger partial charge in [-0.2, -0.15) is 0 Å². The van der Waals surface area contributed by atoms with Crippen molar-refractivity contribution in [1.29, 1.82) is 0 Å². The average molecular weight is 390 g/mol. The maximum Gasteiger partial charge on any atom is 0.419 e. The largest absolute Gasteiger partial charge is 0.486 e. The van der Waals surface area contributed by atoms with Gasteiger partial charge in [-0.3, -0.25) is 9.36 Å². The number of carbonyl (C=O) groups is 1. The zero-order valence-electron chi connectivity index (χ0n) is 14.3. The summed E-state index contributed by atoms with van der Waals surface area (Å²) in [5.41, 5.74) is 1.83. The molecule has 0 saturated heterocycles. The predicted octanol–water partition coefficient (Wildman–Crippen LogP) is 3.15. The lowest BCUT2D eigenvalue weighted by molar-refractivity contribution is -0.145. The van der Waals surface area contributed by atoms with Crippen molar-refractivity contribution in [3.63, 3.8) is 0 Å². The maximum absolute atomic E-state index is 12.1. The van der Waals surface area contributed by atoms with Crippen LogP contribution in [0.5, 0.6) is 11.5 Å². The molecule has 0 atom stereocenters. The number of rotatable bonds is 5. The van der Waals surface area contributed by atoms with Gasteiger partial charge in [-0.1, -0.05) is 23.7 Å². The van der Waals surface area contributed by atoms with Crippen molar-refractivity contribution in [1.82, 2.24) is 4.57 Å². The number of benzene rings is 2. The second kappa shape index (κ2) is 7.36. The molecule has 7 nitrogen and oxygen atoms in total. The number of halogens is 1. The van der Waals surface area contributed by atoms with Crippen molar-refractivity contribution in [2.45, 2.75) is 19.6 Å². The molecule has 0 aliphatic carbocycles. The molecule has 0 fully saturated rings. The fourth-order valence-electron chi connectivity index (χ4n) is 2.91. The minimum Gasteiger partial charge on any atom is -0.486 e. The van der Waals surface area contributed by atoms with E-state index in [9.17, 15) is 9.59 Å². The number of hydrogen-bond donors (Lipinski definition) is 0. The maximum atomic E-state index is 12.1. The van der Waals surface area contributed by atoms with Crippen molar-refractivity contribution < 1.29 is 23.4 Å². The molecule has 8 heteroatoms. The summed E-state index contributed by atoms with van der Waals surface area (Å²) >= 11 is 6.17. The van der Waals surface area contributed by atoms with E-state index in [0.717, 1.165) is 0 Å². The van der Waals surface area contributed by atoms with Crippen LogP contribution in [0.1, 0.15) is 12.0 Å². The summed E-state index contributed by atoms with van der Waals surface area (Å²) in [6.07, 6.45) is 0.0434. The van der Waals surface area contributed by atoms with Crippen LogP contribution < -0.4 is 15.2 Å². The van der Waals surface area contributed by atoms with Crippen molar-refractivity contribution in [3.8, 4) is 11.5 Å². The van der Waals surface area contributed by atoms with E-state index in [2.05, 4.69) is 0 Å². The molecule has 4 rings (SSSR count). The molecule has 0 N–H and O–H groups in total. The Balaban J connectivity index is 1.38. The Kier molecular flexibility index (Phi) is 4.77. The van der Waals surface area contributed by atoms with Gasteiger partial charge < -0.3 is 18.6 Å². The molecule has 140 valence electrons. The lowest BCUT2D eigenvalue weighted by atomic mass is 10.2. The predicted molar refractivity (Wildman–Crippen MR) is 97.3 cm³/mol. The number of nitrogens with zero attached hydrogens (tertiary/aromatic N) is 1.